The van der Waals surface area contributed by atoms with Crippen LogP contribution in [0.5, 0.6) is 0 Å². The molecule has 1 fully saturated rings. The first-order chi connectivity index (χ1) is 8.00. The molecule has 92 valence electrons. The lowest BCUT2D eigenvalue weighted by molar-refractivity contribution is -0.384. The van der Waals surface area contributed by atoms with E-state index in [-0.39, 0.29) is 23.9 Å². The highest BCUT2D eigenvalue weighted by molar-refractivity contribution is 5.59. The maximum absolute atomic E-state index is 10.8. The molecule has 0 radical (unpaired) electrons. The Morgan fingerprint density at radius 1 is 1.59 bits per heavy atom. The Morgan fingerprint density at radius 3 is 2.82 bits per heavy atom. The van der Waals surface area contributed by atoms with Crippen molar-refractivity contribution >= 4 is 17.3 Å². The lowest BCUT2D eigenvalue weighted by Gasteiger charge is -2.36. The lowest BCUT2D eigenvalue weighted by Crippen LogP contribution is -2.43. The van der Waals surface area contributed by atoms with Gasteiger partial charge >= 0.3 is 5.69 Å². The number of nitrogens with two attached hydrogens (primary N) is 1. The number of hydrogen-bond donors (Lipinski definition) is 3. The quantitative estimate of drug-likeness (QED) is 0.530. The minimum absolute atomic E-state index is 0.107. The fraction of sp³-hybridized carbons (Fsp3) is 0.500. The van der Waals surface area contributed by atoms with Gasteiger partial charge in [-0.05, 0) is 25.3 Å². The maximum atomic E-state index is 10.8. The number of nitrogens with zero attached hydrogens (tertiary/aromatic N) is 2. The predicted octanol–water partition coefficient (Wildman–Crippen LogP) is 0.899. The first-order valence-electron chi connectivity index (χ1n) is 5.37. The summed E-state index contributed by atoms with van der Waals surface area (Å²) in [6.07, 6.45) is 2.39. The van der Waals surface area contributed by atoms with Crippen LogP contribution in [-0.4, -0.2) is 27.2 Å². The largest absolute Gasteiger partial charge is 0.388 e. The van der Waals surface area contributed by atoms with E-state index in [4.69, 9.17) is 5.73 Å². The van der Waals surface area contributed by atoms with E-state index in [9.17, 15) is 15.2 Å². The van der Waals surface area contributed by atoms with Gasteiger partial charge in [-0.2, -0.15) is 0 Å². The Labute approximate surface area is 97.8 Å². The molecule has 0 bridgehead atoms. The second-order valence-electron chi connectivity index (χ2n) is 4.29. The Morgan fingerprint density at radius 2 is 2.29 bits per heavy atom. The summed E-state index contributed by atoms with van der Waals surface area (Å²) in [5.74, 6) is 0.314. The van der Waals surface area contributed by atoms with Crippen molar-refractivity contribution in [3.63, 3.8) is 0 Å². The maximum Gasteiger partial charge on any atom is 0.311 e. The van der Waals surface area contributed by atoms with E-state index >= 15 is 0 Å². The zero-order valence-electron chi connectivity index (χ0n) is 9.22. The number of nitro groups is 1. The SMILES string of the molecule is Nc1ccc([N+](=O)[O-])c(NCC2(O)CCC2)n1. The molecule has 0 unspecified atom stereocenters. The van der Waals surface area contributed by atoms with E-state index in [1.165, 1.54) is 12.1 Å². The van der Waals surface area contributed by atoms with Gasteiger partial charge < -0.3 is 16.2 Å². The molecule has 0 saturated heterocycles. The first-order valence-corrected chi connectivity index (χ1v) is 5.37. The van der Waals surface area contributed by atoms with E-state index in [0.29, 0.717) is 12.8 Å². The number of nitrogen functional groups attached to an aromatic ring is 1. The second kappa shape index (κ2) is 4.17. The monoisotopic (exact) mass is 238 g/mol. The molecular formula is C10H14N4O3. The van der Waals surface area contributed by atoms with E-state index in [1.54, 1.807) is 0 Å². The number of anilines is 2. The van der Waals surface area contributed by atoms with Crippen molar-refractivity contribution in [2.75, 3.05) is 17.6 Å². The fourth-order valence-corrected chi connectivity index (χ4v) is 1.75. The van der Waals surface area contributed by atoms with Gasteiger partial charge in [0.25, 0.3) is 0 Å². The average Bonchev–Trinajstić information content (AvgIpc) is 2.23. The summed E-state index contributed by atoms with van der Waals surface area (Å²) in [4.78, 5) is 14.1. The van der Waals surface area contributed by atoms with E-state index in [2.05, 4.69) is 10.3 Å². The molecule has 17 heavy (non-hydrogen) atoms. The summed E-state index contributed by atoms with van der Waals surface area (Å²) in [5.41, 5.74) is 4.58. The van der Waals surface area contributed by atoms with Crippen molar-refractivity contribution in [2.45, 2.75) is 24.9 Å². The van der Waals surface area contributed by atoms with Gasteiger partial charge in [0.1, 0.15) is 5.82 Å². The molecule has 7 nitrogen and oxygen atoms in total. The standard InChI is InChI=1S/C10H14N4O3/c11-8-3-2-7(14(16)17)9(13-8)12-6-10(15)4-1-5-10/h2-3,15H,1,4-6H2,(H3,11,12,13). The van der Waals surface area contributed by atoms with Gasteiger partial charge in [0, 0.05) is 12.6 Å². The number of rotatable bonds is 4. The van der Waals surface area contributed by atoms with E-state index < -0.39 is 10.5 Å². The summed E-state index contributed by atoms with van der Waals surface area (Å²) in [5, 5.41) is 23.4. The Bertz CT molecular complexity index is 445. The van der Waals surface area contributed by atoms with Crippen molar-refractivity contribution in [3.8, 4) is 0 Å². The summed E-state index contributed by atoms with van der Waals surface area (Å²) in [7, 11) is 0. The Kier molecular flexibility index (Phi) is 2.84. The smallest absolute Gasteiger partial charge is 0.311 e. The molecule has 1 aliphatic rings. The van der Waals surface area contributed by atoms with Crippen LogP contribution in [0.1, 0.15) is 19.3 Å². The number of hydrogen-bond acceptors (Lipinski definition) is 6. The molecule has 1 aliphatic carbocycles. The normalized spacial score (nSPS) is 17.2. The fourth-order valence-electron chi connectivity index (χ4n) is 1.75. The average molecular weight is 238 g/mol. The lowest BCUT2D eigenvalue weighted by atomic mass is 9.80. The summed E-state index contributed by atoms with van der Waals surface area (Å²) < 4.78 is 0. The Balaban J connectivity index is 2.13. The molecular weight excluding hydrogens is 224 g/mol. The predicted molar refractivity (Wildman–Crippen MR) is 62.6 cm³/mol. The number of pyridine rings is 1. The van der Waals surface area contributed by atoms with Crippen molar-refractivity contribution < 1.29 is 10.0 Å². The highest BCUT2D eigenvalue weighted by Crippen LogP contribution is 2.32. The third-order valence-electron chi connectivity index (χ3n) is 2.96. The van der Waals surface area contributed by atoms with Crippen molar-refractivity contribution in [2.24, 2.45) is 0 Å². The van der Waals surface area contributed by atoms with Gasteiger partial charge in [-0.15, -0.1) is 0 Å². The van der Waals surface area contributed by atoms with Crippen LogP contribution in [0.2, 0.25) is 0 Å². The van der Waals surface area contributed by atoms with Gasteiger partial charge in [-0.3, -0.25) is 10.1 Å². The third kappa shape index (κ3) is 2.44. The summed E-state index contributed by atoms with van der Waals surface area (Å²) in [6.45, 7) is 0.254. The molecule has 1 heterocycles. The molecule has 1 aromatic rings. The molecule has 2 rings (SSSR count). The molecule has 0 atom stereocenters. The van der Waals surface area contributed by atoms with Crippen LogP contribution in [0.4, 0.5) is 17.3 Å². The first kappa shape index (κ1) is 11.6. The van der Waals surface area contributed by atoms with Crippen LogP contribution < -0.4 is 11.1 Å². The molecule has 0 spiro atoms. The second-order valence-corrected chi connectivity index (χ2v) is 4.29. The van der Waals surface area contributed by atoms with Crippen LogP contribution in [-0.2, 0) is 0 Å². The number of nitrogens with one attached hydrogen (secondary N) is 1. The zero-order chi connectivity index (χ0) is 12.5. The highest BCUT2D eigenvalue weighted by atomic mass is 16.6. The van der Waals surface area contributed by atoms with Gasteiger partial charge in [0.15, 0.2) is 0 Å². The zero-order valence-corrected chi connectivity index (χ0v) is 9.22. The molecule has 0 aliphatic heterocycles. The summed E-state index contributed by atoms with van der Waals surface area (Å²) in [6, 6.07) is 2.68. The third-order valence-corrected chi connectivity index (χ3v) is 2.96. The molecule has 1 saturated carbocycles. The van der Waals surface area contributed by atoms with Gasteiger partial charge in [-0.25, -0.2) is 4.98 Å². The Hall–Kier alpha value is -1.89. The van der Waals surface area contributed by atoms with Gasteiger partial charge in [-0.1, -0.05) is 0 Å². The topological polar surface area (TPSA) is 114 Å². The van der Waals surface area contributed by atoms with Gasteiger partial charge in [0.2, 0.25) is 5.82 Å². The van der Waals surface area contributed by atoms with Crippen LogP contribution >= 0.6 is 0 Å². The van der Waals surface area contributed by atoms with Gasteiger partial charge in [0.05, 0.1) is 10.5 Å². The number of aliphatic hydroxyl groups is 1. The molecule has 0 aromatic carbocycles. The van der Waals surface area contributed by atoms with Crippen LogP contribution in [0, 0.1) is 10.1 Å². The van der Waals surface area contributed by atoms with Crippen LogP contribution in [0.3, 0.4) is 0 Å². The molecule has 4 N–H and O–H groups in total. The minimum atomic E-state index is -0.764. The minimum Gasteiger partial charge on any atom is -0.388 e. The molecule has 1 aromatic heterocycles. The van der Waals surface area contributed by atoms with Crippen LogP contribution in [0.15, 0.2) is 12.1 Å². The van der Waals surface area contributed by atoms with Crippen molar-refractivity contribution in [1.82, 2.24) is 4.98 Å². The van der Waals surface area contributed by atoms with E-state index in [0.717, 1.165) is 6.42 Å². The van der Waals surface area contributed by atoms with Crippen LogP contribution in [0.25, 0.3) is 0 Å². The number of aromatic nitrogens is 1. The molecule has 7 heteroatoms. The van der Waals surface area contributed by atoms with Crippen molar-refractivity contribution in [3.05, 3.63) is 22.2 Å². The highest BCUT2D eigenvalue weighted by Gasteiger charge is 2.34. The van der Waals surface area contributed by atoms with E-state index in [1.807, 2.05) is 0 Å². The molecule has 0 amide bonds. The van der Waals surface area contributed by atoms with Crippen molar-refractivity contribution in [1.29, 1.82) is 0 Å². The summed E-state index contributed by atoms with van der Waals surface area (Å²) >= 11 is 0.